The molecule has 0 saturated carbocycles. The molecule has 0 radical (unpaired) electrons. The average molecular weight is 276 g/mol. The van der Waals surface area contributed by atoms with Crippen molar-refractivity contribution >= 4 is 17.6 Å². The molecule has 0 amide bonds. The van der Waals surface area contributed by atoms with Crippen LogP contribution in [0.4, 0.5) is 0 Å². The lowest BCUT2D eigenvalue weighted by molar-refractivity contribution is 0.318. The van der Waals surface area contributed by atoms with E-state index in [0.717, 1.165) is 11.4 Å². The zero-order valence-corrected chi connectivity index (χ0v) is 11.2. The first-order valence-corrected chi connectivity index (χ1v) is 6.21. The van der Waals surface area contributed by atoms with E-state index in [-0.39, 0.29) is 5.84 Å². The highest BCUT2D eigenvalue weighted by Gasteiger charge is 2.08. The number of aromatic nitrogens is 4. The molecule has 0 spiro atoms. The minimum atomic E-state index is -0.0643. The lowest BCUT2D eigenvalue weighted by Crippen LogP contribution is -2.15. The van der Waals surface area contributed by atoms with Crippen LogP contribution in [0.25, 0.3) is 0 Å². The molecule has 0 bridgehead atoms. The van der Waals surface area contributed by atoms with E-state index in [4.69, 9.17) is 10.9 Å². The lowest BCUT2D eigenvalue weighted by Gasteiger charge is -2.03. The molecule has 98 valence electrons. The minimum Gasteiger partial charge on any atom is -0.409 e. The molecule has 8 heteroatoms. The van der Waals surface area contributed by atoms with Crippen LogP contribution in [0.1, 0.15) is 17.1 Å². The standard InChI is InChI=1S/C11H12N6OS/c1-6-5-7(2)15-11(14-6)19-10-13-4-3-8(16-10)9(12)17-18/h3-5,18H,1-2H3,(H2,12,17). The first-order chi connectivity index (χ1) is 9.08. The Morgan fingerprint density at radius 2 is 1.89 bits per heavy atom. The third-order valence-corrected chi connectivity index (χ3v) is 2.89. The Hall–Kier alpha value is -2.22. The van der Waals surface area contributed by atoms with E-state index >= 15 is 0 Å². The van der Waals surface area contributed by atoms with E-state index in [1.807, 2.05) is 19.9 Å². The van der Waals surface area contributed by atoms with Gasteiger partial charge in [-0.3, -0.25) is 0 Å². The molecule has 2 aromatic heterocycles. The van der Waals surface area contributed by atoms with Gasteiger partial charge in [-0.2, -0.15) is 0 Å². The van der Waals surface area contributed by atoms with Crippen LogP contribution in [0.5, 0.6) is 0 Å². The van der Waals surface area contributed by atoms with Crippen molar-refractivity contribution in [2.24, 2.45) is 10.9 Å². The van der Waals surface area contributed by atoms with Crippen molar-refractivity contribution in [1.29, 1.82) is 0 Å². The third kappa shape index (κ3) is 3.38. The van der Waals surface area contributed by atoms with Gasteiger partial charge in [0.15, 0.2) is 16.1 Å². The van der Waals surface area contributed by atoms with Gasteiger partial charge in [0.1, 0.15) is 5.69 Å². The van der Waals surface area contributed by atoms with E-state index in [0.29, 0.717) is 16.0 Å². The molecule has 0 aliphatic heterocycles. The monoisotopic (exact) mass is 276 g/mol. The molecule has 2 heterocycles. The number of amidine groups is 1. The van der Waals surface area contributed by atoms with Gasteiger partial charge in [0.25, 0.3) is 0 Å². The first kappa shape index (κ1) is 13.2. The zero-order valence-electron chi connectivity index (χ0n) is 10.4. The number of nitrogens with zero attached hydrogens (tertiary/aromatic N) is 5. The van der Waals surface area contributed by atoms with Crippen molar-refractivity contribution in [3.8, 4) is 0 Å². The van der Waals surface area contributed by atoms with E-state index in [1.165, 1.54) is 18.0 Å². The highest BCUT2D eigenvalue weighted by atomic mass is 32.2. The first-order valence-electron chi connectivity index (χ1n) is 5.39. The molecule has 2 rings (SSSR count). The quantitative estimate of drug-likeness (QED) is 0.284. The Bertz CT molecular complexity index is 610. The molecule has 0 fully saturated rings. The molecular formula is C11H12N6OS. The Balaban J connectivity index is 2.28. The van der Waals surface area contributed by atoms with Crippen LogP contribution in [-0.2, 0) is 0 Å². The van der Waals surface area contributed by atoms with Gasteiger partial charge in [0.2, 0.25) is 0 Å². The predicted octanol–water partition coefficient (Wildman–Crippen LogP) is 1.13. The lowest BCUT2D eigenvalue weighted by atomic mass is 10.4. The Labute approximate surface area is 114 Å². The van der Waals surface area contributed by atoms with Crippen LogP contribution >= 0.6 is 11.8 Å². The van der Waals surface area contributed by atoms with E-state index < -0.39 is 0 Å². The maximum atomic E-state index is 8.61. The molecule has 19 heavy (non-hydrogen) atoms. The molecule has 0 saturated heterocycles. The van der Waals surface area contributed by atoms with Crippen molar-refractivity contribution in [3.63, 3.8) is 0 Å². The second-order valence-corrected chi connectivity index (χ2v) is 4.68. The van der Waals surface area contributed by atoms with Crippen molar-refractivity contribution in [1.82, 2.24) is 19.9 Å². The summed E-state index contributed by atoms with van der Waals surface area (Å²) >= 11 is 1.22. The topological polar surface area (TPSA) is 110 Å². The number of hydrogen-bond acceptors (Lipinski definition) is 7. The van der Waals surface area contributed by atoms with Crippen LogP contribution in [0, 0.1) is 13.8 Å². The van der Waals surface area contributed by atoms with Crippen molar-refractivity contribution < 1.29 is 5.21 Å². The molecule has 0 aromatic carbocycles. The summed E-state index contributed by atoms with van der Waals surface area (Å²) in [5, 5.41) is 12.5. The van der Waals surface area contributed by atoms with Crippen LogP contribution in [0.2, 0.25) is 0 Å². The van der Waals surface area contributed by atoms with Crippen LogP contribution < -0.4 is 5.73 Å². The van der Waals surface area contributed by atoms with E-state index in [9.17, 15) is 0 Å². The van der Waals surface area contributed by atoms with Gasteiger partial charge < -0.3 is 10.9 Å². The van der Waals surface area contributed by atoms with Gasteiger partial charge in [-0.05, 0) is 37.7 Å². The van der Waals surface area contributed by atoms with Gasteiger partial charge in [-0.1, -0.05) is 5.16 Å². The maximum absolute atomic E-state index is 8.61. The summed E-state index contributed by atoms with van der Waals surface area (Å²) in [5.41, 5.74) is 7.58. The highest BCUT2D eigenvalue weighted by molar-refractivity contribution is 7.99. The molecule has 0 atom stereocenters. The molecule has 2 aromatic rings. The Morgan fingerprint density at radius 1 is 1.21 bits per heavy atom. The summed E-state index contributed by atoms with van der Waals surface area (Å²) < 4.78 is 0. The number of nitrogens with two attached hydrogens (primary N) is 1. The van der Waals surface area contributed by atoms with Crippen molar-refractivity contribution in [2.75, 3.05) is 0 Å². The summed E-state index contributed by atoms with van der Waals surface area (Å²) in [6.45, 7) is 3.79. The average Bonchev–Trinajstić information content (AvgIpc) is 2.37. The van der Waals surface area contributed by atoms with Gasteiger partial charge in [0.05, 0.1) is 0 Å². The SMILES string of the molecule is Cc1cc(C)nc(Sc2nccc(/C(N)=N/O)n2)n1. The van der Waals surface area contributed by atoms with Gasteiger partial charge in [-0.15, -0.1) is 0 Å². The van der Waals surface area contributed by atoms with Gasteiger partial charge in [0, 0.05) is 17.6 Å². The molecule has 0 aliphatic rings. The Morgan fingerprint density at radius 3 is 2.53 bits per heavy atom. The molecule has 3 N–H and O–H groups in total. The fourth-order valence-electron chi connectivity index (χ4n) is 1.40. The van der Waals surface area contributed by atoms with E-state index in [1.54, 1.807) is 6.07 Å². The zero-order chi connectivity index (χ0) is 13.8. The van der Waals surface area contributed by atoms with E-state index in [2.05, 4.69) is 25.1 Å². The number of oxime groups is 1. The molecule has 0 aliphatic carbocycles. The molecular weight excluding hydrogens is 264 g/mol. The van der Waals surface area contributed by atoms with Crippen LogP contribution in [0.3, 0.4) is 0 Å². The van der Waals surface area contributed by atoms with Gasteiger partial charge in [-0.25, -0.2) is 19.9 Å². The predicted molar refractivity (Wildman–Crippen MR) is 70.2 cm³/mol. The van der Waals surface area contributed by atoms with Crippen LogP contribution in [-0.4, -0.2) is 31.0 Å². The van der Waals surface area contributed by atoms with Crippen molar-refractivity contribution in [3.05, 3.63) is 35.4 Å². The fourth-order valence-corrected chi connectivity index (χ4v) is 2.20. The number of rotatable bonds is 3. The van der Waals surface area contributed by atoms with Crippen molar-refractivity contribution in [2.45, 2.75) is 24.2 Å². The van der Waals surface area contributed by atoms with Gasteiger partial charge >= 0.3 is 0 Å². The largest absolute Gasteiger partial charge is 0.409 e. The Kier molecular flexibility index (Phi) is 3.91. The highest BCUT2D eigenvalue weighted by Crippen LogP contribution is 2.21. The molecule has 7 nitrogen and oxygen atoms in total. The second-order valence-electron chi connectivity index (χ2n) is 3.75. The summed E-state index contributed by atoms with van der Waals surface area (Å²) in [7, 11) is 0. The summed E-state index contributed by atoms with van der Waals surface area (Å²) in [6.07, 6.45) is 1.53. The summed E-state index contributed by atoms with van der Waals surface area (Å²) in [5.74, 6) is -0.0643. The second kappa shape index (κ2) is 5.61. The summed E-state index contributed by atoms with van der Waals surface area (Å²) in [6, 6.07) is 3.44. The third-order valence-electron chi connectivity index (χ3n) is 2.15. The number of aryl methyl sites for hydroxylation is 2. The maximum Gasteiger partial charge on any atom is 0.196 e. The number of hydrogen-bond donors (Lipinski definition) is 2. The van der Waals surface area contributed by atoms with Crippen LogP contribution in [0.15, 0.2) is 33.8 Å². The molecule has 0 unspecified atom stereocenters. The normalized spacial score (nSPS) is 11.6. The smallest absolute Gasteiger partial charge is 0.196 e. The minimum absolute atomic E-state index is 0.0643. The summed E-state index contributed by atoms with van der Waals surface area (Å²) in [4.78, 5) is 16.8. The fraction of sp³-hybridized carbons (Fsp3) is 0.182.